The van der Waals surface area contributed by atoms with E-state index in [0.717, 1.165) is 28.9 Å². The Kier molecular flexibility index (Phi) is 9.28. The van der Waals surface area contributed by atoms with Gasteiger partial charge in [-0.25, -0.2) is 0 Å². The first-order valence-electron chi connectivity index (χ1n) is 12.3. The summed E-state index contributed by atoms with van der Waals surface area (Å²) in [6, 6.07) is 35.9. The Bertz CT molecular complexity index is 1260. The van der Waals surface area contributed by atoms with E-state index in [1.165, 1.54) is 12.0 Å². The van der Waals surface area contributed by atoms with Gasteiger partial charge < -0.3 is 14.2 Å². The van der Waals surface area contributed by atoms with Crippen LogP contribution in [0.2, 0.25) is 0 Å². The molecule has 37 heavy (non-hydrogen) atoms. The Morgan fingerprint density at radius 1 is 0.757 bits per heavy atom. The molecule has 0 saturated carbocycles. The van der Waals surface area contributed by atoms with E-state index in [0.29, 0.717) is 24.5 Å². The fourth-order valence-electron chi connectivity index (χ4n) is 4.52. The molecule has 0 radical (unpaired) electrons. The van der Waals surface area contributed by atoms with E-state index < -0.39 is 5.41 Å². The minimum Gasteiger partial charge on any atom is -0.493 e. The van der Waals surface area contributed by atoms with E-state index in [4.69, 9.17) is 14.2 Å². The number of ether oxygens (including phenoxy) is 3. The van der Waals surface area contributed by atoms with Gasteiger partial charge in [0.05, 0.1) is 14.2 Å². The molecule has 0 heterocycles. The Labute approximate surface area is 223 Å². The predicted octanol–water partition coefficient (Wildman–Crippen LogP) is 7.31. The lowest BCUT2D eigenvalue weighted by Gasteiger charge is -2.33. The van der Waals surface area contributed by atoms with E-state index in [-0.39, 0.29) is 5.97 Å². The average Bonchev–Trinajstić information content (AvgIpc) is 2.97. The topological polar surface area (TPSA) is 44.8 Å². The van der Waals surface area contributed by atoms with Crippen LogP contribution in [0.15, 0.2) is 114 Å². The Morgan fingerprint density at radius 2 is 1.41 bits per heavy atom. The third kappa shape index (κ3) is 6.36. The Morgan fingerprint density at radius 3 is 2.05 bits per heavy atom. The number of benzene rings is 4. The highest BCUT2D eigenvalue weighted by atomic mass is 32.2. The maximum atomic E-state index is 13.6. The number of rotatable bonds is 12. The molecule has 0 N–H and O–H groups in total. The third-order valence-electron chi connectivity index (χ3n) is 6.40. The van der Waals surface area contributed by atoms with Crippen molar-refractivity contribution in [3.63, 3.8) is 0 Å². The molecule has 0 bridgehead atoms. The van der Waals surface area contributed by atoms with Crippen molar-refractivity contribution in [3.05, 3.63) is 126 Å². The highest BCUT2D eigenvalue weighted by Gasteiger charge is 2.43. The number of methoxy groups -OCH3 is 2. The van der Waals surface area contributed by atoms with Crippen molar-refractivity contribution in [1.29, 1.82) is 0 Å². The lowest BCUT2D eigenvalue weighted by molar-refractivity contribution is -0.146. The van der Waals surface area contributed by atoms with Crippen LogP contribution in [0, 0.1) is 0 Å². The number of carbonyl (C=O) groups is 1. The average molecular weight is 513 g/mol. The number of hydrogen-bond donors (Lipinski definition) is 0. The van der Waals surface area contributed by atoms with E-state index in [2.05, 4.69) is 12.1 Å². The van der Waals surface area contributed by atoms with Gasteiger partial charge in [-0.2, -0.15) is 0 Å². The Hall–Kier alpha value is -3.70. The van der Waals surface area contributed by atoms with E-state index >= 15 is 0 Å². The van der Waals surface area contributed by atoms with Crippen molar-refractivity contribution in [2.24, 2.45) is 0 Å². The second-order valence-electron chi connectivity index (χ2n) is 8.67. The van der Waals surface area contributed by atoms with Crippen molar-refractivity contribution in [3.8, 4) is 11.5 Å². The maximum Gasteiger partial charge on any atom is 0.320 e. The molecule has 1 unspecified atom stereocenters. The first-order chi connectivity index (χ1) is 18.2. The fraction of sp³-hybridized carbons (Fsp3) is 0.219. The molecule has 0 saturated heterocycles. The number of esters is 1. The first-order valence-corrected chi connectivity index (χ1v) is 13.3. The standard InChI is InChI=1S/C32H32O4S/c1-34-30-23-27(19-20-29(30)36-24-25-13-6-3-7-14-25)32(31(33)35-2,26-15-8-4-9-16-26)21-12-22-37-28-17-10-5-11-18-28/h3-11,13-20,23H,12,21-22,24H2,1-2H3. The number of carbonyl (C=O) groups excluding carboxylic acids is 1. The van der Waals surface area contributed by atoms with Crippen molar-refractivity contribution in [2.45, 2.75) is 29.8 Å². The summed E-state index contributed by atoms with van der Waals surface area (Å²) >= 11 is 1.79. The minimum absolute atomic E-state index is 0.289. The minimum atomic E-state index is -0.974. The van der Waals surface area contributed by atoms with Crippen LogP contribution >= 0.6 is 11.8 Å². The van der Waals surface area contributed by atoms with Crippen LogP contribution in [0.5, 0.6) is 11.5 Å². The molecular weight excluding hydrogens is 480 g/mol. The van der Waals surface area contributed by atoms with Crippen LogP contribution in [0.25, 0.3) is 0 Å². The van der Waals surface area contributed by atoms with E-state index in [1.807, 2.05) is 97.1 Å². The van der Waals surface area contributed by atoms with Crippen LogP contribution < -0.4 is 9.47 Å². The molecule has 0 spiro atoms. The smallest absolute Gasteiger partial charge is 0.320 e. The van der Waals surface area contributed by atoms with E-state index in [9.17, 15) is 4.79 Å². The van der Waals surface area contributed by atoms with Crippen LogP contribution in [-0.4, -0.2) is 25.9 Å². The van der Waals surface area contributed by atoms with Crippen molar-refractivity contribution in [1.82, 2.24) is 0 Å². The molecule has 4 rings (SSSR count). The highest BCUT2D eigenvalue weighted by molar-refractivity contribution is 7.99. The Balaban J connectivity index is 1.65. The predicted molar refractivity (Wildman–Crippen MR) is 149 cm³/mol. The zero-order valence-corrected chi connectivity index (χ0v) is 22.1. The number of thioether (sulfide) groups is 1. The van der Waals surface area contributed by atoms with Crippen molar-refractivity contribution in [2.75, 3.05) is 20.0 Å². The van der Waals surface area contributed by atoms with Gasteiger partial charge in [-0.3, -0.25) is 4.79 Å². The zero-order chi connectivity index (χ0) is 25.9. The summed E-state index contributed by atoms with van der Waals surface area (Å²) in [7, 11) is 3.07. The van der Waals surface area contributed by atoms with Gasteiger partial charge in [0.1, 0.15) is 12.0 Å². The molecule has 4 nitrogen and oxygen atoms in total. The molecule has 4 aromatic carbocycles. The molecule has 1 atom stereocenters. The fourth-order valence-corrected chi connectivity index (χ4v) is 5.40. The van der Waals surface area contributed by atoms with Gasteiger partial charge in [0, 0.05) is 4.90 Å². The molecule has 0 aliphatic heterocycles. The normalized spacial score (nSPS) is 12.4. The summed E-state index contributed by atoms with van der Waals surface area (Å²) in [5.41, 5.74) is 1.81. The monoisotopic (exact) mass is 512 g/mol. The third-order valence-corrected chi connectivity index (χ3v) is 7.50. The SMILES string of the molecule is COC(=O)C(CCCSc1ccccc1)(c1ccccc1)c1ccc(OCc2ccccc2)c(OC)c1. The van der Waals surface area contributed by atoms with Gasteiger partial charge in [0.25, 0.3) is 0 Å². The summed E-state index contributed by atoms with van der Waals surface area (Å²) in [4.78, 5) is 14.8. The molecular formula is C32H32O4S. The largest absolute Gasteiger partial charge is 0.493 e. The molecule has 5 heteroatoms. The van der Waals surface area contributed by atoms with Crippen LogP contribution in [0.4, 0.5) is 0 Å². The lowest BCUT2D eigenvalue weighted by Crippen LogP contribution is -2.38. The van der Waals surface area contributed by atoms with Crippen molar-refractivity contribution < 1.29 is 19.0 Å². The van der Waals surface area contributed by atoms with Gasteiger partial charge in [0.15, 0.2) is 11.5 Å². The van der Waals surface area contributed by atoms with E-state index in [1.54, 1.807) is 18.9 Å². The molecule has 0 aromatic heterocycles. The summed E-state index contributed by atoms with van der Waals surface area (Å²) in [6.07, 6.45) is 1.41. The zero-order valence-electron chi connectivity index (χ0n) is 21.3. The van der Waals surface area contributed by atoms with Gasteiger partial charge in [-0.1, -0.05) is 84.9 Å². The molecule has 0 fully saturated rings. The molecule has 190 valence electrons. The quantitative estimate of drug-likeness (QED) is 0.113. The summed E-state index contributed by atoms with van der Waals surface area (Å²) in [5, 5.41) is 0. The second kappa shape index (κ2) is 13.0. The lowest BCUT2D eigenvalue weighted by atomic mass is 9.71. The van der Waals surface area contributed by atoms with Crippen LogP contribution in [0.3, 0.4) is 0 Å². The van der Waals surface area contributed by atoms with Gasteiger partial charge in [-0.15, -0.1) is 11.8 Å². The van der Waals surface area contributed by atoms with Crippen LogP contribution in [0.1, 0.15) is 29.5 Å². The van der Waals surface area contributed by atoms with Gasteiger partial charge in [-0.05, 0) is 59.6 Å². The molecule has 0 aliphatic carbocycles. The highest BCUT2D eigenvalue weighted by Crippen LogP contribution is 2.42. The summed E-state index contributed by atoms with van der Waals surface area (Å²) in [6.45, 7) is 0.425. The van der Waals surface area contributed by atoms with Crippen LogP contribution in [-0.2, 0) is 21.6 Å². The van der Waals surface area contributed by atoms with Gasteiger partial charge in [0.2, 0.25) is 0 Å². The maximum absolute atomic E-state index is 13.6. The van der Waals surface area contributed by atoms with Crippen molar-refractivity contribution >= 4 is 17.7 Å². The second-order valence-corrected chi connectivity index (χ2v) is 9.84. The van der Waals surface area contributed by atoms with Gasteiger partial charge >= 0.3 is 5.97 Å². The summed E-state index contributed by atoms with van der Waals surface area (Å²) < 4.78 is 17.2. The molecule has 0 amide bonds. The first kappa shape index (κ1) is 26.4. The molecule has 4 aromatic rings. The number of hydrogen-bond acceptors (Lipinski definition) is 5. The summed E-state index contributed by atoms with van der Waals surface area (Å²) in [5.74, 6) is 1.80. The molecule has 0 aliphatic rings.